The highest BCUT2D eigenvalue weighted by atomic mass is 16.1. The lowest BCUT2D eigenvalue weighted by molar-refractivity contribution is -0.107. The Labute approximate surface area is 70.2 Å². The molecule has 0 fully saturated rings. The number of rotatable bonds is 7. The Bertz CT molecular complexity index is 88.9. The number of carbonyl (C=O) groups is 1. The summed E-state index contributed by atoms with van der Waals surface area (Å²) in [7, 11) is 0. The molecule has 66 valence electrons. The van der Waals surface area contributed by atoms with Crippen molar-refractivity contribution in [2.45, 2.75) is 52.4 Å². The third kappa shape index (κ3) is 7.57. The Kier molecular flexibility index (Phi) is 7.54. The summed E-state index contributed by atoms with van der Waals surface area (Å²) in [6, 6.07) is 0. The lowest BCUT2D eigenvalue weighted by atomic mass is 9.98. The normalized spacial score (nSPS) is 12.9. The van der Waals surface area contributed by atoms with Crippen LogP contribution in [0.25, 0.3) is 0 Å². The van der Waals surface area contributed by atoms with E-state index in [0.29, 0.717) is 0 Å². The molecule has 11 heavy (non-hydrogen) atoms. The van der Waals surface area contributed by atoms with Gasteiger partial charge in [-0.2, -0.15) is 0 Å². The molecule has 0 amide bonds. The number of hydrogen-bond acceptors (Lipinski definition) is 1. The zero-order valence-electron chi connectivity index (χ0n) is 7.81. The van der Waals surface area contributed by atoms with Crippen LogP contribution in [0.2, 0.25) is 0 Å². The fourth-order valence-corrected chi connectivity index (χ4v) is 1.25. The zero-order chi connectivity index (χ0) is 8.53. The second-order valence-electron chi connectivity index (χ2n) is 3.34. The van der Waals surface area contributed by atoms with E-state index < -0.39 is 0 Å². The van der Waals surface area contributed by atoms with Crippen molar-refractivity contribution in [3.63, 3.8) is 0 Å². The average Bonchev–Trinajstić information content (AvgIpc) is 2.01. The van der Waals surface area contributed by atoms with E-state index in [1.807, 2.05) is 0 Å². The molecular weight excluding hydrogens is 136 g/mol. The number of hydrogen-bond donors (Lipinski definition) is 0. The Balaban J connectivity index is 3.08. The van der Waals surface area contributed by atoms with Gasteiger partial charge in [-0.1, -0.05) is 39.5 Å². The van der Waals surface area contributed by atoms with Crippen LogP contribution in [-0.4, -0.2) is 6.29 Å². The Morgan fingerprint density at radius 3 is 2.45 bits per heavy atom. The molecule has 0 aromatic heterocycles. The van der Waals surface area contributed by atoms with Crippen LogP contribution in [-0.2, 0) is 4.79 Å². The number of unbranched alkanes of at least 4 members (excludes halogenated alkanes) is 2. The Morgan fingerprint density at radius 2 is 1.91 bits per heavy atom. The molecule has 0 aromatic rings. The topological polar surface area (TPSA) is 17.1 Å². The summed E-state index contributed by atoms with van der Waals surface area (Å²) in [4.78, 5) is 10.0. The largest absolute Gasteiger partial charge is 0.303 e. The second-order valence-corrected chi connectivity index (χ2v) is 3.34. The molecule has 0 rings (SSSR count). The van der Waals surface area contributed by atoms with E-state index in [-0.39, 0.29) is 0 Å². The first-order valence-corrected chi connectivity index (χ1v) is 4.74. The van der Waals surface area contributed by atoms with Crippen LogP contribution in [0.3, 0.4) is 0 Å². The maximum Gasteiger partial charge on any atom is 0.119 e. The summed E-state index contributed by atoms with van der Waals surface area (Å²) in [6.07, 6.45) is 8.02. The lowest BCUT2D eigenvalue weighted by Gasteiger charge is -2.08. The highest BCUT2D eigenvalue weighted by Crippen LogP contribution is 2.14. The van der Waals surface area contributed by atoms with Crippen molar-refractivity contribution in [2.75, 3.05) is 0 Å². The van der Waals surface area contributed by atoms with E-state index >= 15 is 0 Å². The maximum atomic E-state index is 10.0. The van der Waals surface area contributed by atoms with Crippen molar-refractivity contribution in [1.29, 1.82) is 0 Å². The molecule has 0 saturated carbocycles. The summed E-state index contributed by atoms with van der Waals surface area (Å²) in [5.41, 5.74) is 0. The van der Waals surface area contributed by atoms with Gasteiger partial charge in [0.15, 0.2) is 0 Å². The van der Waals surface area contributed by atoms with Crippen LogP contribution < -0.4 is 0 Å². The van der Waals surface area contributed by atoms with Crippen molar-refractivity contribution < 1.29 is 4.79 Å². The highest BCUT2D eigenvalue weighted by Gasteiger charge is 1.99. The van der Waals surface area contributed by atoms with Gasteiger partial charge in [-0.05, 0) is 12.3 Å². The van der Waals surface area contributed by atoms with Crippen molar-refractivity contribution in [1.82, 2.24) is 0 Å². The van der Waals surface area contributed by atoms with E-state index in [4.69, 9.17) is 0 Å². The van der Waals surface area contributed by atoms with Crippen LogP contribution in [0.5, 0.6) is 0 Å². The standard InChI is InChI=1S/C10H20O/c1-3-4-7-10(2)8-5-6-9-11/h9-10H,3-8H2,1-2H3. The highest BCUT2D eigenvalue weighted by molar-refractivity contribution is 5.48. The minimum Gasteiger partial charge on any atom is -0.303 e. The zero-order valence-corrected chi connectivity index (χ0v) is 7.81. The lowest BCUT2D eigenvalue weighted by Crippen LogP contribution is -1.94. The number of carbonyl (C=O) groups excluding carboxylic acids is 1. The summed E-state index contributed by atoms with van der Waals surface area (Å²) in [5.74, 6) is 0.815. The molecule has 0 aliphatic carbocycles. The fourth-order valence-electron chi connectivity index (χ4n) is 1.25. The Morgan fingerprint density at radius 1 is 1.27 bits per heavy atom. The first-order chi connectivity index (χ1) is 5.31. The third-order valence-corrected chi connectivity index (χ3v) is 2.07. The molecular formula is C10H20O. The van der Waals surface area contributed by atoms with Crippen LogP contribution in [0.15, 0.2) is 0 Å². The van der Waals surface area contributed by atoms with Crippen LogP contribution in [0.1, 0.15) is 52.4 Å². The smallest absolute Gasteiger partial charge is 0.119 e. The van der Waals surface area contributed by atoms with E-state index in [9.17, 15) is 4.79 Å². The molecule has 0 N–H and O–H groups in total. The van der Waals surface area contributed by atoms with E-state index in [2.05, 4.69) is 13.8 Å². The average molecular weight is 156 g/mol. The van der Waals surface area contributed by atoms with Gasteiger partial charge in [0.25, 0.3) is 0 Å². The van der Waals surface area contributed by atoms with Gasteiger partial charge < -0.3 is 4.79 Å². The van der Waals surface area contributed by atoms with E-state index in [1.165, 1.54) is 25.7 Å². The van der Waals surface area contributed by atoms with Gasteiger partial charge in [-0.3, -0.25) is 0 Å². The molecule has 1 atom stereocenters. The van der Waals surface area contributed by atoms with E-state index in [1.54, 1.807) is 0 Å². The van der Waals surface area contributed by atoms with Gasteiger partial charge in [-0.25, -0.2) is 0 Å². The van der Waals surface area contributed by atoms with Crippen molar-refractivity contribution >= 4 is 6.29 Å². The Hall–Kier alpha value is -0.330. The predicted octanol–water partition coefficient (Wildman–Crippen LogP) is 3.18. The second kappa shape index (κ2) is 7.77. The molecule has 0 spiro atoms. The minimum absolute atomic E-state index is 0.746. The van der Waals surface area contributed by atoms with Gasteiger partial charge in [0.2, 0.25) is 0 Å². The van der Waals surface area contributed by atoms with Crippen LogP contribution in [0, 0.1) is 5.92 Å². The van der Waals surface area contributed by atoms with Gasteiger partial charge in [-0.15, -0.1) is 0 Å². The van der Waals surface area contributed by atoms with Crippen molar-refractivity contribution in [2.24, 2.45) is 5.92 Å². The summed E-state index contributed by atoms with van der Waals surface area (Å²) < 4.78 is 0. The molecule has 0 aliphatic heterocycles. The quantitative estimate of drug-likeness (QED) is 0.408. The van der Waals surface area contributed by atoms with Gasteiger partial charge in [0, 0.05) is 6.42 Å². The van der Waals surface area contributed by atoms with Gasteiger partial charge >= 0.3 is 0 Å². The molecule has 0 bridgehead atoms. The molecule has 0 aliphatic rings. The van der Waals surface area contributed by atoms with Crippen molar-refractivity contribution in [3.8, 4) is 0 Å². The predicted molar refractivity (Wildman–Crippen MR) is 48.6 cm³/mol. The van der Waals surface area contributed by atoms with Crippen LogP contribution in [0.4, 0.5) is 0 Å². The summed E-state index contributed by atoms with van der Waals surface area (Å²) >= 11 is 0. The molecule has 0 heterocycles. The molecule has 1 nitrogen and oxygen atoms in total. The van der Waals surface area contributed by atoms with E-state index in [0.717, 1.165) is 25.0 Å². The first-order valence-electron chi connectivity index (χ1n) is 4.74. The summed E-state index contributed by atoms with van der Waals surface area (Å²) in [6.45, 7) is 4.50. The molecule has 1 heteroatoms. The maximum absolute atomic E-state index is 10.0. The fraction of sp³-hybridized carbons (Fsp3) is 0.900. The van der Waals surface area contributed by atoms with Crippen molar-refractivity contribution in [3.05, 3.63) is 0 Å². The van der Waals surface area contributed by atoms with Gasteiger partial charge in [0.05, 0.1) is 0 Å². The molecule has 0 saturated heterocycles. The monoisotopic (exact) mass is 156 g/mol. The first kappa shape index (κ1) is 10.7. The number of aldehydes is 1. The molecule has 1 unspecified atom stereocenters. The molecule has 0 aromatic carbocycles. The van der Waals surface area contributed by atoms with Gasteiger partial charge in [0.1, 0.15) is 6.29 Å². The summed E-state index contributed by atoms with van der Waals surface area (Å²) in [5, 5.41) is 0. The van der Waals surface area contributed by atoms with Crippen LogP contribution >= 0.6 is 0 Å². The third-order valence-electron chi connectivity index (χ3n) is 2.07. The SMILES string of the molecule is CCCCC(C)CCCC=O. The minimum atomic E-state index is 0.746. The molecule has 0 radical (unpaired) electrons.